The highest BCUT2D eigenvalue weighted by Crippen LogP contribution is 2.30. The molecule has 27 heavy (non-hydrogen) atoms. The minimum Gasteiger partial charge on any atom is -0.457 e. The zero-order valence-corrected chi connectivity index (χ0v) is 14.4. The number of hydrogen-bond acceptors (Lipinski definition) is 4. The Morgan fingerprint density at radius 1 is 1.26 bits per heavy atom. The third kappa shape index (κ3) is 5.55. The number of anilines is 1. The van der Waals surface area contributed by atoms with E-state index in [2.05, 4.69) is 10.3 Å². The summed E-state index contributed by atoms with van der Waals surface area (Å²) < 4.78 is 56.7. The number of benzene rings is 1. The highest BCUT2D eigenvalue weighted by molar-refractivity contribution is 5.88. The van der Waals surface area contributed by atoms with Gasteiger partial charge < -0.3 is 14.7 Å². The molecule has 1 aromatic carbocycles. The zero-order chi connectivity index (χ0) is 20.2. The van der Waals surface area contributed by atoms with Crippen LogP contribution in [0.1, 0.15) is 6.92 Å². The lowest BCUT2D eigenvalue weighted by atomic mass is 10.1. The van der Waals surface area contributed by atoms with Crippen molar-refractivity contribution in [1.82, 2.24) is 9.88 Å². The number of likely N-dealkylation sites (N-methyl/N-ethyl adjacent to an activating group) is 1. The number of amides is 2. The van der Waals surface area contributed by atoms with Crippen LogP contribution in [0.2, 0.25) is 0 Å². The summed E-state index contributed by atoms with van der Waals surface area (Å²) in [6.45, 7) is -0.399. The summed E-state index contributed by atoms with van der Waals surface area (Å²) in [4.78, 5) is 16.6. The molecule has 0 saturated carbocycles. The average Bonchev–Trinajstić information content (AvgIpc) is 2.53. The number of nitrogens with zero attached hydrogens (tertiary/aromatic N) is 2. The molecule has 0 aliphatic carbocycles. The number of pyridine rings is 1. The molecule has 0 aliphatic heterocycles. The van der Waals surface area contributed by atoms with Gasteiger partial charge in [0.25, 0.3) is 0 Å². The molecule has 10 heteroatoms. The topological polar surface area (TPSA) is 74.7 Å². The van der Waals surface area contributed by atoms with E-state index in [0.717, 1.165) is 13.1 Å². The lowest BCUT2D eigenvalue weighted by molar-refractivity contribution is -0.254. The van der Waals surface area contributed by atoms with Gasteiger partial charge in [0.1, 0.15) is 23.1 Å². The number of carbonyl (C=O) groups is 1. The number of halogens is 4. The number of aromatic nitrogens is 1. The van der Waals surface area contributed by atoms with Crippen LogP contribution >= 0.6 is 0 Å². The van der Waals surface area contributed by atoms with Gasteiger partial charge in [0.05, 0.1) is 6.54 Å². The first-order valence-corrected chi connectivity index (χ1v) is 7.69. The van der Waals surface area contributed by atoms with Crippen LogP contribution in [-0.2, 0) is 0 Å². The molecule has 1 heterocycles. The molecule has 0 saturated heterocycles. The quantitative estimate of drug-likeness (QED) is 0.766. The molecule has 0 bridgehead atoms. The van der Waals surface area contributed by atoms with Crippen LogP contribution in [0.15, 0.2) is 42.6 Å². The van der Waals surface area contributed by atoms with Crippen molar-refractivity contribution in [3.8, 4) is 11.5 Å². The smallest absolute Gasteiger partial charge is 0.418 e. The maximum atomic E-state index is 13.2. The number of rotatable bonds is 5. The van der Waals surface area contributed by atoms with Crippen molar-refractivity contribution >= 4 is 11.8 Å². The maximum Gasteiger partial charge on any atom is 0.418 e. The Morgan fingerprint density at radius 3 is 2.56 bits per heavy atom. The van der Waals surface area contributed by atoms with Crippen molar-refractivity contribution in [2.75, 3.05) is 18.9 Å². The highest BCUT2D eigenvalue weighted by Gasteiger charge is 2.50. The summed E-state index contributed by atoms with van der Waals surface area (Å²) in [5.41, 5.74) is -3.06. The molecule has 146 valence electrons. The Labute approximate surface area is 152 Å². The molecular weight excluding hydrogens is 370 g/mol. The second-order valence-corrected chi connectivity index (χ2v) is 5.99. The Bertz CT molecular complexity index is 812. The van der Waals surface area contributed by atoms with E-state index in [1.807, 2.05) is 0 Å². The first-order chi connectivity index (χ1) is 12.5. The maximum absolute atomic E-state index is 13.2. The van der Waals surface area contributed by atoms with Gasteiger partial charge in [-0.3, -0.25) is 5.32 Å². The summed E-state index contributed by atoms with van der Waals surface area (Å²) in [6, 6.07) is 7.25. The lowest BCUT2D eigenvalue weighted by Crippen LogP contribution is -2.52. The summed E-state index contributed by atoms with van der Waals surface area (Å²) >= 11 is 0. The molecule has 0 spiro atoms. The third-order valence-electron chi connectivity index (χ3n) is 3.50. The minimum atomic E-state index is -4.89. The Hall–Kier alpha value is -2.88. The number of carbonyl (C=O) groups excluding carboxylic acids is 1. The number of ether oxygens (including phenoxy) is 1. The van der Waals surface area contributed by atoms with Gasteiger partial charge >= 0.3 is 12.2 Å². The molecule has 1 unspecified atom stereocenters. The Kier molecular flexibility index (Phi) is 5.89. The molecule has 1 aromatic heterocycles. The fourth-order valence-corrected chi connectivity index (χ4v) is 2.04. The molecule has 6 nitrogen and oxygen atoms in total. The normalized spacial score (nSPS) is 13.6. The molecule has 2 amide bonds. The molecule has 0 fully saturated rings. The van der Waals surface area contributed by atoms with Gasteiger partial charge in [-0.1, -0.05) is 6.07 Å². The second-order valence-electron chi connectivity index (χ2n) is 5.99. The third-order valence-corrected chi connectivity index (χ3v) is 3.50. The average molecular weight is 387 g/mol. The summed E-state index contributed by atoms with van der Waals surface area (Å²) in [7, 11) is 1.10. The van der Waals surface area contributed by atoms with E-state index in [1.54, 1.807) is 0 Å². The summed E-state index contributed by atoms with van der Waals surface area (Å²) in [5, 5.41) is 11.8. The van der Waals surface area contributed by atoms with Crippen molar-refractivity contribution in [2.24, 2.45) is 0 Å². The van der Waals surface area contributed by atoms with Gasteiger partial charge in [-0.05, 0) is 25.1 Å². The molecule has 2 N–H and O–H groups in total. The van der Waals surface area contributed by atoms with Gasteiger partial charge in [-0.2, -0.15) is 13.2 Å². The van der Waals surface area contributed by atoms with Crippen molar-refractivity contribution < 1.29 is 32.2 Å². The standard InChI is InChI=1S/C17H17F4N3O3/c1-16(26,17(19,20)21)10-24(2)15(25)23-14-9-13(6-7-22-14)27-12-5-3-4-11(18)8-12/h3-9,26H,10H2,1-2H3,(H,22,23,25). The van der Waals surface area contributed by atoms with Crippen LogP contribution < -0.4 is 10.1 Å². The zero-order valence-electron chi connectivity index (χ0n) is 14.4. The van der Waals surface area contributed by atoms with E-state index in [9.17, 15) is 27.5 Å². The van der Waals surface area contributed by atoms with Crippen LogP contribution in [0.3, 0.4) is 0 Å². The molecule has 2 aromatic rings. The van der Waals surface area contributed by atoms with Gasteiger partial charge in [-0.25, -0.2) is 14.2 Å². The van der Waals surface area contributed by atoms with E-state index in [1.165, 1.54) is 36.5 Å². The number of aliphatic hydroxyl groups is 1. The van der Waals surface area contributed by atoms with E-state index in [4.69, 9.17) is 4.74 Å². The predicted molar refractivity (Wildman–Crippen MR) is 89.0 cm³/mol. The summed E-state index contributed by atoms with van der Waals surface area (Å²) in [6.07, 6.45) is -3.59. The Balaban J connectivity index is 2.04. The molecule has 0 radical (unpaired) electrons. The number of nitrogens with one attached hydrogen (secondary N) is 1. The second kappa shape index (κ2) is 7.78. The van der Waals surface area contributed by atoms with Crippen molar-refractivity contribution in [3.63, 3.8) is 0 Å². The van der Waals surface area contributed by atoms with Crippen molar-refractivity contribution in [1.29, 1.82) is 0 Å². The van der Waals surface area contributed by atoms with Crippen LogP contribution in [0.4, 0.5) is 28.2 Å². The van der Waals surface area contributed by atoms with Crippen LogP contribution in [0, 0.1) is 5.82 Å². The molecule has 1 atom stereocenters. The summed E-state index contributed by atoms with van der Waals surface area (Å²) in [5.74, 6) is -0.0338. The molecule has 0 aliphatic rings. The Morgan fingerprint density at radius 2 is 1.93 bits per heavy atom. The number of urea groups is 1. The predicted octanol–water partition coefficient (Wildman–Crippen LogP) is 3.79. The first-order valence-electron chi connectivity index (χ1n) is 7.69. The van der Waals surface area contributed by atoms with Crippen molar-refractivity contribution in [3.05, 3.63) is 48.4 Å². The molecule has 2 rings (SSSR count). The van der Waals surface area contributed by atoms with E-state index in [-0.39, 0.29) is 17.3 Å². The SMILES string of the molecule is CN(CC(C)(O)C(F)(F)F)C(=O)Nc1cc(Oc2cccc(F)c2)ccn1. The largest absolute Gasteiger partial charge is 0.457 e. The number of alkyl halides is 3. The fraction of sp³-hybridized carbons (Fsp3) is 0.294. The van der Waals surface area contributed by atoms with Gasteiger partial charge in [0.15, 0.2) is 5.60 Å². The van der Waals surface area contributed by atoms with E-state index in [0.29, 0.717) is 11.8 Å². The van der Waals surface area contributed by atoms with Crippen molar-refractivity contribution in [2.45, 2.75) is 18.7 Å². The number of hydrogen-bond donors (Lipinski definition) is 2. The van der Waals surface area contributed by atoms with Gasteiger partial charge in [0, 0.05) is 25.4 Å². The van der Waals surface area contributed by atoms with E-state index >= 15 is 0 Å². The van der Waals surface area contributed by atoms with Gasteiger partial charge in [-0.15, -0.1) is 0 Å². The van der Waals surface area contributed by atoms with E-state index < -0.39 is 30.2 Å². The minimum absolute atomic E-state index is 0.00686. The molecular formula is C17H17F4N3O3. The van der Waals surface area contributed by atoms with Crippen LogP contribution in [0.25, 0.3) is 0 Å². The van der Waals surface area contributed by atoms with Gasteiger partial charge in [0.2, 0.25) is 0 Å². The lowest BCUT2D eigenvalue weighted by Gasteiger charge is -2.30. The fourth-order valence-electron chi connectivity index (χ4n) is 2.04. The van der Waals surface area contributed by atoms with Crippen LogP contribution in [0.5, 0.6) is 11.5 Å². The highest BCUT2D eigenvalue weighted by atomic mass is 19.4. The first kappa shape index (κ1) is 20.4. The van der Waals surface area contributed by atoms with Crippen LogP contribution in [-0.4, -0.2) is 46.4 Å². The monoisotopic (exact) mass is 387 g/mol.